The molecular weight excluding hydrogens is 332 g/mol. The molecule has 2 aromatic heterocycles. The minimum Gasteiger partial charge on any atom is -0.280 e. The van der Waals surface area contributed by atoms with E-state index in [2.05, 4.69) is 16.8 Å². The predicted molar refractivity (Wildman–Crippen MR) is 93.9 cm³/mol. The van der Waals surface area contributed by atoms with Crippen LogP contribution in [0, 0.1) is 6.92 Å². The molecule has 118 valence electrons. The molecule has 0 aliphatic heterocycles. The van der Waals surface area contributed by atoms with Crippen LogP contribution in [0.4, 0.5) is 0 Å². The summed E-state index contributed by atoms with van der Waals surface area (Å²) in [5.74, 6) is 0.734. The molecule has 0 saturated heterocycles. The molecule has 0 spiro atoms. The Balaban J connectivity index is 2.07. The van der Waals surface area contributed by atoms with Gasteiger partial charge < -0.3 is 0 Å². The van der Waals surface area contributed by atoms with Gasteiger partial charge in [-0.05, 0) is 31.5 Å². The van der Waals surface area contributed by atoms with Crippen molar-refractivity contribution in [3.63, 3.8) is 0 Å². The highest BCUT2D eigenvalue weighted by Gasteiger charge is 2.12. The van der Waals surface area contributed by atoms with E-state index in [0.717, 1.165) is 16.9 Å². The van der Waals surface area contributed by atoms with Gasteiger partial charge in [0.1, 0.15) is 0 Å². The summed E-state index contributed by atoms with van der Waals surface area (Å²) in [6, 6.07) is 5.50. The third kappa shape index (κ3) is 3.04. The lowest BCUT2D eigenvalue weighted by atomic mass is 10.2. The van der Waals surface area contributed by atoms with E-state index in [1.54, 1.807) is 22.9 Å². The highest BCUT2D eigenvalue weighted by atomic mass is 35.5. The first-order chi connectivity index (χ1) is 11.0. The van der Waals surface area contributed by atoms with Gasteiger partial charge in [0.2, 0.25) is 5.65 Å². The molecule has 0 aliphatic carbocycles. The molecule has 23 heavy (non-hydrogen) atoms. The fraction of sp³-hybridized carbons (Fsp3) is 0.188. The first kappa shape index (κ1) is 15.8. The number of nitrogens with zero attached hydrogens (tertiary/aromatic N) is 4. The van der Waals surface area contributed by atoms with Crippen LogP contribution in [-0.4, -0.2) is 24.9 Å². The Labute approximate surface area is 142 Å². The van der Waals surface area contributed by atoms with E-state index in [9.17, 15) is 4.79 Å². The second-order valence-corrected chi connectivity index (χ2v) is 6.68. The standard InChI is InChI=1S/C16H15ClN4OS/c1-10(2)9-23-16-19-18-14-15(22)20(6-7-21(14)16)12-5-4-11(3)13(17)8-12/h4-8H,1,9H2,2-3H3. The second-order valence-electron chi connectivity index (χ2n) is 5.33. The van der Waals surface area contributed by atoms with E-state index in [0.29, 0.717) is 15.9 Å². The van der Waals surface area contributed by atoms with E-state index in [1.165, 1.54) is 16.3 Å². The van der Waals surface area contributed by atoms with Crippen molar-refractivity contribution in [3.8, 4) is 5.69 Å². The summed E-state index contributed by atoms with van der Waals surface area (Å²) in [5.41, 5.74) is 2.75. The van der Waals surface area contributed by atoms with Gasteiger partial charge in [-0.25, -0.2) is 0 Å². The van der Waals surface area contributed by atoms with Crippen LogP contribution in [0.2, 0.25) is 5.02 Å². The lowest BCUT2D eigenvalue weighted by Gasteiger charge is -2.08. The van der Waals surface area contributed by atoms with Crippen molar-refractivity contribution in [1.29, 1.82) is 0 Å². The van der Waals surface area contributed by atoms with Crippen LogP contribution in [0.5, 0.6) is 0 Å². The van der Waals surface area contributed by atoms with Crippen molar-refractivity contribution in [3.05, 3.63) is 63.7 Å². The number of benzene rings is 1. The second kappa shape index (κ2) is 6.22. The molecule has 1 aromatic carbocycles. The van der Waals surface area contributed by atoms with E-state index >= 15 is 0 Å². The van der Waals surface area contributed by atoms with Gasteiger partial charge in [0.25, 0.3) is 0 Å². The van der Waals surface area contributed by atoms with Crippen molar-refractivity contribution >= 4 is 29.0 Å². The summed E-state index contributed by atoms with van der Waals surface area (Å²) in [6.07, 6.45) is 3.48. The summed E-state index contributed by atoms with van der Waals surface area (Å²) in [6.45, 7) is 7.73. The van der Waals surface area contributed by atoms with Crippen molar-refractivity contribution < 1.29 is 0 Å². The molecule has 0 saturated carbocycles. The van der Waals surface area contributed by atoms with Gasteiger partial charge in [0.05, 0.1) is 5.69 Å². The summed E-state index contributed by atoms with van der Waals surface area (Å²) >= 11 is 7.65. The average Bonchev–Trinajstić information content (AvgIpc) is 2.92. The van der Waals surface area contributed by atoms with Gasteiger partial charge >= 0.3 is 5.56 Å². The summed E-state index contributed by atoms with van der Waals surface area (Å²) < 4.78 is 3.21. The molecule has 0 atom stereocenters. The molecular formula is C16H15ClN4OS. The fourth-order valence-electron chi connectivity index (χ4n) is 2.09. The van der Waals surface area contributed by atoms with Gasteiger partial charge in [-0.1, -0.05) is 41.6 Å². The molecule has 0 amide bonds. The average molecular weight is 347 g/mol. The van der Waals surface area contributed by atoms with Gasteiger partial charge in [-0.3, -0.25) is 13.8 Å². The van der Waals surface area contributed by atoms with Gasteiger partial charge in [-0.15, -0.1) is 10.2 Å². The largest absolute Gasteiger partial charge is 0.300 e. The number of fused-ring (bicyclic) bond motifs is 1. The number of hydrogen-bond acceptors (Lipinski definition) is 4. The Hall–Kier alpha value is -2.05. The Kier molecular flexibility index (Phi) is 4.28. The lowest BCUT2D eigenvalue weighted by Crippen LogP contribution is -2.20. The first-order valence-electron chi connectivity index (χ1n) is 6.97. The lowest BCUT2D eigenvalue weighted by molar-refractivity contribution is 0.894. The minimum atomic E-state index is -0.234. The Bertz CT molecular complexity index is 960. The van der Waals surface area contributed by atoms with E-state index in [4.69, 9.17) is 11.6 Å². The number of aromatic nitrogens is 4. The number of rotatable bonds is 4. The molecule has 2 heterocycles. The molecule has 0 fully saturated rings. The predicted octanol–water partition coefficient (Wildman–Crippen LogP) is 3.51. The van der Waals surface area contributed by atoms with Crippen molar-refractivity contribution in [2.24, 2.45) is 0 Å². The highest BCUT2D eigenvalue weighted by Crippen LogP contribution is 2.20. The maximum Gasteiger partial charge on any atom is 0.300 e. The summed E-state index contributed by atoms with van der Waals surface area (Å²) in [5, 5.41) is 9.40. The van der Waals surface area contributed by atoms with Crippen LogP contribution < -0.4 is 5.56 Å². The molecule has 3 aromatic rings. The molecule has 0 aliphatic rings. The van der Waals surface area contributed by atoms with Crippen LogP contribution in [0.1, 0.15) is 12.5 Å². The van der Waals surface area contributed by atoms with E-state index in [1.807, 2.05) is 26.0 Å². The van der Waals surface area contributed by atoms with E-state index < -0.39 is 0 Å². The van der Waals surface area contributed by atoms with Crippen molar-refractivity contribution in [2.75, 3.05) is 5.75 Å². The molecule has 0 radical (unpaired) electrons. The van der Waals surface area contributed by atoms with Gasteiger partial charge in [0, 0.05) is 23.2 Å². The summed E-state index contributed by atoms with van der Waals surface area (Å²) in [7, 11) is 0. The van der Waals surface area contributed by atoms with E-state index in [-0.39, 0.29) is 11.2 Å². The minimum absolute atomic E-state index is 0.234. The number of hydrogen-bond donors (Lipinski definition) is 0. The van der Waals surface area contributed by atoms with Gasteiger partial charge in [0.15, 0.2) is 5.16 Å². The zero-order chi connectivity index (χ0) is 16.6. The molecule has 0 N–H and O–H groups in total. The highest BCUT2D eigenvalue weighted by molar-refractivity contribution is 7.99. The quantitative estimate of drug-likeness (QED) is 0.536. The first-order valence-corrected chi connectivity index (χ1v) is 8.34. The number of thioether (sulfide) groups is 1. The molecule has 5 nitrogen and oxygen atoms in total. The smallest absolute Gasteiger partial charge is 0.280 e. The molecule has 0 bridgehead atoms. The van der Waals surface area contributed by atoms with Crippen LogP contribution >= 0.6 is 23.4 Å². The maximum absolute atomic E-state index is 12.6. The summed E-state index contributed by atoms with van der Waals surface area (Å²) in [4.78, 5) is 12.6. The Morgan fingerprint density at radius 2 is 2.13 bits per heavy atom. The van der Waals surface area contributed by atoms with Crippen LogP contribution in [-0.2, 0) is 0 Å². The molecule has 3 rings (SSSR count). The topological polar surface area (TPSA) is 52.2 Å². The Morgan fingerprint density at radius 1 is 1.35 bits per heavy atom. The normalized spacial score (nSPS) is 11.1. The monoisotopic (exact) mass is 346 g/mol. The zero-order valence-electron chi connectivity index (χ0n) is 12.8. The third-order valence-corrected chi connectivity index (χ3v) is 4.90. The Morgan fingerprint density at radius 3 is 2.83 bits per heavy atom. The zero-order valence-corrected chi connectivity index (χ0v) is 14.4. The SMILES string of the molecule is C=C(C)CSc1nnc2c(=O)n(-c3ccc(C)c(Cl)c3)ccn12. The maximum atomic E-state index is 12.6. The van der Waals surface area contributed by atoms with Crippen molar-refractivity contribution in [2.45, 2.75) is 19.0 Å². The van der Waals surface area contributed by atoms with Crippen LogP contribution in [0.3, 0.4) is 0 Å². The fourth-order valence-corrected chi connectivity index (χ4v) is 3.02. The molecule has 0 unspecified atom stereocenters. The molecule has 7 heteroatoms. The van der Waals surface area contributed by atoms with Crippen LogP contribution in [0.25, 0.3) is 11.3 Å². The van der Waals surface area contributed by atoms with Gasteiger partial charge in [-0.2, -0.15) is 0 Å². The third-order valence-electron chi connectivity index (χ3n) is 3.32. The number of halogens is 1. The van der Waals surface area contributed by atoms with Crippen LogP contribution in [0.15, 0.2) is 52.7 Å². The number of aryl methyl sites for hydroxylation is 1. The van der Waals surface area contributed by atoms with Crippen molar-refractivity contribution in [1.82, 2.24) is 19.2 Å².